The van der Waals surface area contributed by atoms with Gasteiger partial charge in [-0.2, -0.15) is 0 Å². The Morgan fingerprint density at radius 3 is 2.40 bits per heavy atom. The molecule has 3 aromatic rings. The number of carbonyl (C=O) groups is 1. The van der Waals surface area contributed by atoms with Crippen molar-refractivity contribution in [1.82, 2.24) is 9.13 Å². The number of ether oxygens (including phenoxy) is 2. The van der Waals surface area contributed by atoms with Crippen molar-refractivity contribution in [2.75, 3.05) is 43.1 Å². The van der Waals surface area contributed by atoms with Crippen LogP contribution in [0.5, 0.6) is 5.75 Å². The van der Waals surface area contributed by atoms with Crippen molar-refractivity contribution in [2.24, 2.45) is 14.1 Å². The minimum atomic E-state index is -0.292. The van der Waals surface area contributed by atoms with Crippen LogP contribution in [0.25, 0.3) is 11.0 Å². The lowest BCUT2D eigenvalue weighted by molar-refractivity contribution is -0.118. The van der Waals surface area contributed by atoms with Crippen molar-refractivity contribution in [1.29, 1.82) is 0 Å². The first-order valence-corrected chi connectivity index (χ1v) is 10.0. The summed E-state index contributed by atoms with van der Waals surface area (Å²) in [6.07, 6.45) is 0. The number of hydrogen-bond donors (Lipinski definition) is 1. The molecule has 158 valence electrons. The molecule has 30 heavy (non-hydrogen) atoms. The van der Waals surface area contributed by atoms with E-state index in [2.05, 4.69) is 10.2 Å². The van der Waals surface area contributed by atoms with E-state index in [-0.39, 0.29) is 18.2 Å². The minimum Gasteiger partial charge on any atom is -0.484 e. The molecule has 0 spiro atoms. The molecule has 0 atom stereocenters. The Morgan fingerprint density at radius 2 is 1.73 bits per heavy atom. The number of morpholine rings is 1. The summed E-state index contributed by atoms with van der Waals surface area (Å²) in [5.41, 5.74) is 2.92. The molecule has 1 aliphatic heterocycles. The molecule has 0 aliphatic carbocycles. The third-order valence-electron chi connectivity index (χ3n) is 5.20. The Bertz CT molecular complexity index is 1130. The summed E-state index contributed by atoms with van der Waals surface area (Å²) < 4.78 is 14.2. The van der Waals surface area contributed by atoms with Gasteiger partial charge in [0.2, 0.25) is 0 Å². The van der Waals surface area contributed by atoms with E-state index in [1.807, 2.05) is 12.1 Å². The van der Waals surface area contributed by atoms with Gasteiger partial charge in [0.1, 0.15) is 5.75 Å². The van der Waals surface area contributed by atoms with Crippen LogP contribution in [0, 0.1) is 0 Å². The second-order valence-corrected chi connectivity index (χ2v) is 7.59. The predicted octanol–water partition coefficient (Wildman–Crippen LogP) is 2.38. The average Bonchev–Trinajstić information content (AvgIpc) is 2.97. The number of benzene rings is 2. The van der Waals surface area contributed by atoms with Gasteiger partial charge in [-0.05, 0) is 36.4 Å². The van der Waals surface area contributed by atoms with Crippen LogP contribution in [0.15, 0.2) is 41.2 Å². The van der Waals surface area contributed by atoms with E-state index in [1.54, 1.807) is 47.5 Å². The van der Waals surface area contributed by atoms with Crippen molar-refractivity contribution in [3.8, 4) is 5.75 Å². The van der Waals surface area contributed by atoms with Gasteiger partial charge in [0.25, 0.3) is 5.91 Å². The van der Waals surface area contributed by atoms with Crippen LogP contribution in [0.2, 0.25) is 5.02 Å². The van der Waals surface area contributed by atoms with Crippen molar-refractivity contribution in [2.45, 2.75) is 0 Å². The second-order valence-electron chi connectivity index (χ2n) is 7.15. The highest BCUT2D eigenvalue weighted by Crippen LogP contribution is 2.31. The van der Waals surface area contributed by atoms with Gasteiger partial charge in [0, 0.05) is 32.2 Å². The fourth-order valence-electron chi connectivity index (χ4n) is 3.57. The van der Waals surface area contributed by atoms with Gasteiger partial charge in [0.15, 0.2) is 6.61 Å². The zero-order valence-electron chi connectivity index (χ0n) is 16.9. The van der Waals surface area contributed by atoms with Gasteiger partial charge < -0.3 is 19.7 Å². The molecule has 1 fully saturated rings. The molecule has 4 rings (SSSR count). The summed E-state index contributed by atoms with van der Waals surface area (Å²) in [5.74, 6) is 0.267. The maximum atomic E-state index is 12.6. The van der Waals surface area contributed by atoms with Gasteiger partial charge >= 0.3 is 5.69 Å². The lowest BCUT2D eigenvalue weighted by Gasteiger charge is -2.30. The van der Waals surface area contributed by atoms with E-state index in [0.29, 0.717) is 42.8 Å². The summed E-state index contributed by atoms with van der Waals surface area (Å²) in [5, 5.41) is 3.54. The molecule has 2 aromatic carbocycles. The second kappa shape index (κ2) is 8.41. The first-order chi connectivity index (χ1) is 14.4. The lowest BCUT2D eigenvalue weighted by Crippen LogP contribution is -2.37. The molecule has 1 amide bonds. The SMILES string of the molecule is Cn1c(=O)n(C)c2cc(N3CCOCC3)c(NC(=O)COc3ccc(Cl)cc3)cc21. The van der Waals surface area contributed by atoms with Gasteiger partial charge in [0.05, 0.1) is 35.6 Å². The van der Waals surface area contributed by atoms with E-state index >= 15 is 0 Å². The van der Waals surface area contributed by atoms with Crippen LogP contribution in [0.1, 0.15) is 0 Å². The molecule has 1 N–H and O–H groups in total. The van der Waals surface area contributed by atoms with E-state index < -0.39 is 0 Å². The van der Waals surface area contributed by atoms with Gasteiger partial charge in [-0.3, -0.25) is 13.9 Å². The third kappa shape index (κ3) is 4.01. The van der Waals surface area contributed by atoms with Crippen LogP contribution in [0.3, 0.4) is 0 Å². The monoisotopic (exact) mass is 430 g/mol. The Morgan fingerprint density at radius 1 is 1.10 bits per heavy atom. The predicted molar refractivity (Wildman–Crippen MR) is 117 cm³/mol. The van der Waals surface area contributed by atoms with E-state index in [0.717, 1.165) is 16.7 Å². The molecule has 0 bridgehead atoms. The molecule has 1 saturated heterocycles. The number of imidazole rings is 1. The van der Waals surface area contributed by atoms with Crippen LogP contribution >= 0.6 is 11.6 Å². The summed E-state index contributed by atoms with van der Waals surface area (Å²) in [7, 11) is 3.46. The standard InChI is InChI=1S/C21H23ClN4O4/c1-24-18-11-16(23-20(27)13-30-15-5-3-14(22)4-6-15)17(26-7-9-29-10-8-26)12-19(18)25(2)21(24)28/h3-6,11-12H,7-10,13H2,1-2H3,(H,23,27). The van der Waals surface area contributed by atoms with Crippen molar-refractivity contribution in [3.63, 3.8) is 0 Å². The number of anilines is 2. The van der Waals surface area contributed by atoms with E-state index in [1.165, 1.54) is 0 Å². The largest absolute Gasteiger partial charge is 0.484 e. The molecule has 8 nitrogen and oxygen atoms in total. The number of amides is 1. The molecule has 0 unspecified atom stereocenters. The Labute approximate surface area is 178 Å². The molecule has 0 radical (unpaired) electrons. The molecule has 9 heteroatoms. The number of aromatic nitrogens is 2. The maximum Gasteiger partial charge on any atom is 0.328 e. The number of nitrogens with zero attached hydrogens (tertiary/aromatic N) is 3. The molecule has 2 heterocycles. The fraction of sp³-hybridized carbons (Fsp3) is 0.333. The Hall–Kier alpha value is -2.97. The molecule has 1 aliphatic rings. The summed E-state index contributed by atoms with van der Waals surface area (Å²) in [4.78, 5) is 27.1. The van der Waals surface area contributed by atoms with Crippen LogP contribution in [0.4, 0.5) is 11.4 Å². The normalized spacial score (nSPS) is 14.2. The quantitative estimate of drug-likeness (QED) is 0.672. The maximum absolute atomic E-state index is 12.6. The van der Waals surface area contributed by atoms with Gasteiger partial charge in [-0.15, -0.1) is 0 Å². The highest BCUT2D eigenvalue weighted by Gasteiger charge is 2.20. The lowest BCUT2D eigenvalue weighted by atomic mass is 10.2. The number of halogens is 1. The Kier molecular flexibility index (Phi) is 5.69. The van der Waals surface area contributed by atoms with Crippen molar-refractivity contribution < 1.29 is 14.3 Å². The number of hydrogen-bond acceptors (Lipinski definition) is 5. The highest BCUT2D eigenvalue weighted by atomic mass is 35.5. The zero-order chi connectivity index (χ0) is 21.3. The van der Waals surface area contributed by atoms with E-state index in [9.17, 15) is 9.59 Å². The first-order valence-electron chi connectivity index (χ1n) is 9.64. The summed E-state index contributed by atoms with van der Waals surface area (Å²) in [6.45, 7) is 2.49. The molecular formula is C21H23ClN4O4. The van der Waals surface area contributed by atoms with Gasteiger partial charge in [-0.25, -0.2) is 4.79 Å². The van der Waals surface area contributed by atoms with Crippen LogP contribution in [-0.4, -0.2) is 48.0 Å². The topological polar surface area (TPSA) is 77.7 Å². The van der Waals surface area contributed by atoms with Crippen LogP contribution in [-0.2, 0) is 23.6 Å². The number of rotatable bonds is 5. The molecular weight excluding hydrogens is 408 g/mol. The fourth-order valence-corrected chi connectivity index (χ4v) is 3.69. The summed E-state index contributed by atoms with van der Waals surface area (Å²) >= 11 is 5.87. The first kappa shape index (κ1) is 20.3. The van der Waals surface area contributed by atoms with E-state index in [4.69, 9.17) is 21.1 Å². The van der Waals surface area contributed by atoms with Crippen molar-refractivity contribution in [3.05, 3.63) is 51.9 Å². The minimum absolute atomic E-state index is 0.118. The number of nitrogens with one attached hydrogen (secondary N) is 1. The number of carbonyl (C=O) groups excluding carboxylic acids is 1. The summed E-state index contributed by atoms with van der Waals surface area (Å²) in [6, 6.07) is 10.6. The number of fused-ring (bicyclic) bond motifs is 1. The molecule has 0 saturated carbocycles. The third-order valence-corrected chi connectivity index (χ3v) is 5.45. The average molecular weight is 431 g/mol. The van der Waals surface area contributed by atoms with Crippen molar-refractivity contribution >= 4 is 39.9 Å². The smallest absolute Gasteiger partial charge is 0.328 e. The van der Waals surface area contributed by atoms with Crippen LogP contribution < -0.4 is 20.6 Å². The number of aryl methyl sites for hydroxylation is 2. The Balaban J connectivity index is 1.62. The highest BCUT2D eigenvalue weighted by molar-refractivity contribution is 6.30. The van der Waals surface area contributed by atoms with Gasteiger partial charge in [-0.1, -0.05) is 11.6 Å². The zero-order valence-corrected chi connectivity index (χ0v) is 17.6. The molecule has 1 aromatic heterocycles.